The molecule has 3 nitrogen and oxygen atoms in total. The summed E-state index contributed by atoms with van der Waals surface area (Å²) in [5, 5.41) is 0. The molecule has 1 aliphatic carbocycles. The van der Waals surface area contributed by atoms with Gasteiger partial charge in [0, 0.05) is 0 Å². The molecule has 1 aromatic carbocycles. The second-order valence-corrected chi connectivity index (χ2v) is 5.80. The van der Waals surface area contributed by atoms with Crippen LogP contribution in [0.3, 0.4) is 0 Å². The summed E-state index contributed by atoms with van der Waals surface area (Å²) in [6.07, 6.45) is 2.43. The average molecular weight is 280 g/mol. The number of halogens is 3. The third-order valence-corrected chi connectivity index (χ3v) is 3.29. The fraction of sp³-hybridized carbons (Fsp3) is 0.455. The number of rotatable bonds is 2. The van der Waals surface area contributed by atoms with E-state index in [1.165, 1.54) is 0 Å². The Labute approximate surface area is 103 Å². The highest BCUT2D eigenvalue weighted by Gasteiger charge is 2.29. The minimum absolute atomic E-state index is 0.0128. The summed E-state index contributed by atoms with van der Waals surface area (Å²) in [5.41, 5.74) is -0.00380. The topological polar surface area (TPSA) is 43.4 Å². The highest BCUT2D eigenvalue weighted by atomic mass is 32.2. The van der Waals surface area contributed by atoms with Crippen LogP contribution >= 0.6 is 0 Å². The summed E-state index contributed by atoms with van der Waals surface area (Å²) in [5.74, 6) is -5.09. The van der Waals surface area contributed by atoms with Gasteiger partial charge in [0.2, 0.25) is 11.6 Å². The number of hydrogen-bond donors (Lipinski definition) is 0. The summed E-state index contributed by atoms with van der Waals surface area (Å²) in [4.78, 5) is 0. The third kappa shape index (κ3) is 2.31. The van der Waals surface area contributed by atoms with E-state index in [-0.39, 0.29) is 24.0 Å². The van der Waals surface area contributed by atoms with Gasteiger partial charge in [-0.2, -0.15) is 12.8 Å². The van der Waals surface area contributed by atoms with Gasteiger partial charge in [-0.1, -0.05) is 0 Å². The molecule has 18 heavy (non-hydrogen) atoms. The molecule has 0 aliphatic heterocycles. The molecular formula is C11H11F3O3S. The minimum atomic E-state index is -4.11. The number of hydrogen-bond acceptors (Lipinski definition) is 3. The smallest absolute Gasteiger partial charge is 0.306 e. The lowest BCUT2D eigenvalue weighted by Crippen LogP contribution is -2.15. The van der Waals surface area contributed by atoms with Crippen molar-refractivity contribution in [3.63, 3.8) is 0 Å². The highest BCUT2D eigenvalue weighted by molar-refractivity contribution is 7.86. The lowest BCUT2D eigenvalue weighted by molar-refractivity contribution is 0.401. The quantitative estimate of drug-likeness (QED) is 0.617. The van der Waals surface area contributed by atoms with Crippen LogP contribution in [0.25, 0.3) is 0 Å². The van der Waals surface area contributed by atoms with Gasteiger partial charge in [-0.05, 0) is 36.8 Å². The predicted octanol–water partition coefficient (Wildman–Crippen LogP) is 2.32. The molecule has 1 aromatic rings. The average Bonchev–Trinajstić information content (AvgIpc) is 2.31. The molecule has 2 rings (SSSR count). The van der Waals surface area contributed by atoms with E-state index in [2.05, 4.69) is 4.18 Å². The van der Waals surface area contributed by atoms with Crippen molar-refractivity contribution in [1.82, 2.24) is 0 Å². The molecule has 0 spiro atoms. The molecule has 100 valence electrons. The summed E-state index contributed by atoms with van der Waals surface area (Å²) in [7, 11) is -4.11. The maximum absolute atomic E-state index is 13.9. The summed E-state index contributed by atoms with van der Waals surface area (Å²) >= 11 is 0. The molecule has 0 saturated carbocycles. The summed E-state index contributed by atoms with van der Waals surface area (Å²) in [6.45, 7) is 0. The Hall–Kier alpha value is -1.24. The maximum Gasteiger partial charge on any atom is 0.306 e. The fourth-order valence-corrected chi connectivity index (χ4v) is 2.53. The highest BCUT2D eigenvalue weighted by Crippen LogP contribution is 2.35. The number of fused-ring (bicyclic) bond motifs is 1. The lowest BCUT2D eigenvalue weighted by Gasteiger charge is -2.19. The van der Waals surface area contributed by atoms with Gasteiger partial charge in [0.1, 0.15) is 0 Å². The molecule has 7 heteroatoms. The molecule has 0 heterocycles. The fourth-order valence-electron chi connectivity index (χ4n) is 2.08. The molecule has 0 bridgehead atoms. The molecule has 0 unspecified atom stereocenters. The van der Waals surface area contributed by atoms with E-state index in [0.29, 0.717) is 19.1 Å². The Morgan fingerprint density at radius 3 is 1.94 bits per heavy atom. The van der Waals surface area contributed by atoms with Gasteiger partial charge in [-0.25, -0.2) is 8.78 Å². The van der Waals surface area contributed by atoms with E-state index in [1.807, 2.05) is 0 Å². The van der Waals surface area contributed by atoms with Crippen LogP contribution < -0.4 is 4.18 Å². The van der Waals surface area contributed by atoms with Gasteiger partial charge in [0.15, 0.2) is 11.6 Å². The lowest BCUT2D eigenvalue weighted by atomic mass is 9.90. The van der Waals surface area contributed by atoms with Gasteiger partial charge < -0.3 is 4.18 Å². The molecule has 0 saturated heterocycles. The van der Waals surface area contributed by atoms with E-state index in [4.69, 9.17) is 0 Å². The van der Waals surface area contributed by atoms with Crippen LogP contribution in [0.1, 0.15) is 24.0 Å². The van der Waals surface area contributed by atoms with Crippen molar-refractivity contribution < 1.29 is 25.8 Å². The van der Waals surface area contributed by atoms with Gasteiger partial charge in [-0.15, -0.1) is 0 Å². The standard InChI is InChI=1S/C11H11F3O3S/c1-18(15,16)17-11-9(13)7-5-3-2-4-6(7)8(12)10(11)14/h2-5H2,1H3. The van der Waals surface area contributed by atoms with Crippen molar-refractivity contribution in [2.75, 3.05) is 6.26 Å². The Morgan fingerprint density at radius 2 is 1.44 bits per heavy atom. The first-order valence-corrected chi connectivity index (χ1v) is 7.20. The minimum Gasteiger partial charge on any atom is -0.376 e. The first-order chi connectivity index (χ1) is 8.31. The third-order valence-electron chi connectivity index (χ3n) is 2.82. The van der Waals surface area contributed by atoms with Crippen LogP contribution in [0.2, 0.25) is 0 Å². The van der Waals surface area contributed by atoms with Crippen LogP contribution in [0.15, 0.2) is 0 Å². The van der Waals surface area contributed by atoms with Crippen LogP contribution in [0, 0.1) is 17.5 Å². The molecule has 0 amide bonds. The second kappa shape index (κ2) is 4.46. The molecule has 0 N–H and O–H groups in total. The van der Waals surface area contributed by atoms with E-state index in [9.17, 15) is 21.6 Å². The summed E-state index contributed by atoms with van der Waals surface area (Å²) < 4.78 is 67.2. The Bertz CT molecular complexity index is 596. The van der Waals surface area contributed by atoms with Gasteiger partial charge >= 0.3 is 10.1 Å². The molecule has 0 atom stereocenters. The largest absolute Gasteiger partial charge is 0.376 e. The SMILES string of the molecule is CS(=O)(=O)Oc1c(F)c(F)c2c(c1F)CCCC2. The normalized spacial score (nSPS) is 15.3. The Kier molecular flexibility index (Phi) is 3.27. The van der Waals surface area contributed by atoms with Crippen molar-refractivity contribution in [2.45, 2.75) is 25.7 Å². The zero-order chi connectivity index (χ0) is 13.5. The van der Waals surface area contributed by atoms with E-state index in [0.717, 1.165) is 0 Å². The zero-order valence-corrected chi connectivity index (χ0v) is 10.4. The number of benzene rings is 1. The first-order valence-electron chi connectivity index (χ1n) is 5.39. The van der Waals surface area contributed by atoms with Gasteiger partial charge in [0.05, 0.1) is 6.26 Å². The van der Waals surface area contributed by atoms with Crippen molar-refractivity contribution in [3.05, 3.63) is 28.6 Å². The maximum atomic E-state index is 13.9. The predicted molar refractivity (Wildman–Crippen MR) is 58.4 cm³/mol. The van der Waals surface area contributed by atoms with Crippen LogP contribution in [-0.2, 0) is 23.0 Å². The van der Waals surface area contributed by atoms with Gasteiger partial charge in [-0.3, -0.25) is 0 Å². The molecule has 0 aromatic heterocycles. The Morgan fingerprint density at radius 1 is 0.944 bits per heavy atom. The molecule has 1 aliphatic rings. The first kappa shape index (κ1) is 13.2. The Balaban J connectivity index is 2.64. The van der Waals surface area contributed by atoms with Crippen LogP contribution in [0.5, 0.6) is 5.75 Å². The molecule has 0 radical (unpaired) electrons. The van der Waals surface area contributed by atoms with Crippen molar-refractivity contribution >= 4 is 10.1 Å². The van der Waals surface area contributed by atoms with Crippen molar-refractivity contribution in [2.24, 2.45) is 0 Å². The molecular weight excluding hydrogens is 269 g/mol. The van der Waals surface area contributed by atoms with Gasteiger partial charge in [0.25, 0.3) is 0 Å². The molecule has 0 fully saturated rings. The van der Waals surface area contributed by atoms with Crippen molar-refractivity contribution in [1.29, 1.82) is 0 Å². The van der Waals surface area contributed by atoms with E-state index in [1.54, 1.807) is 0 Å². The van der Waals surface area contributed by atoms with Crippen molar-refractivity contribution in [3.8, 4) is 5.75 Å². The van der Waals surface area contributed by atoms with Crippen LogP contribution in [0.4, 0.5) is 13.2 Å². The summed E-state index contributed by atoms with van der Waals surface area (Å²) in [6, 6.07) is 0. The second-order valence-electron chi connectivity index (χ2n) is 4.22. The monoisotopic (exact) mass is 280 g/mol. The zero-order valence-electron chi connectivity index (χ0n) is 9.60. The van der Waals surface area contributed by atoms with Crippen LogP contribution in [-0.4, -0.2) is 14.7 Å². The van der Waals surface area contributed by atoms with E-state index < -0.39 is 33.3 Å². The van der Waals surface area contributed by atoms with E-state index >= 15 is 0 Å².